The van der Waals surface area contributed by atoms with Crippen LogP contribution in [0.4, 0.5) is 0 Å². The number of phenols is 1. The highest BCUT2D eigenvalue weighted by atomic mass is 16.3. The van der Waals surface area contributed by atoms with Crippen LogP contribution in [-0.4, -0.2) is 44.8 Å². The molecule has 0 aliphatic carbocycles. The van der Waals surface area contributed by atoms with Crippen molar-refractivity contribution in [2.45, 2.75) is 51.9 Å². The second-order valence-corrected chi connectivity index (χ2v) is 7.17. The van der Waals surface area contributed by atoms with E-state index in [2.05, 4.69) is 33.0 Å². The molecule has 1 amide bonds. The predicted octanol–water partition coefficient (Wildman–Crippen LogP) is 1.39. The first-order valence-corrected chi connectivity index (χ1v) is 9.64. The quantitative estimate of drug-likeness (QED) is 0.683. The number of fused-ring (bicyclic) bond motifs is 1. The Kier molecular flexibility index (Phi) is 6.47. The molecule has 1 aromatic carbocycles. The van der Waals surface area contributed by atoms with E-state index in [9.17, 15) is 9.90 Å². The highest BCUT2D eigenvalue weighted by Crippen LogP contribution is 2.14. The molecule has 146 valence electrons. The monoisotopic (exact) mass is 371 g/mol. The third kappa shape index (κ3) is 5.30. The Labute approximate surface area is 160 Å². The van der Waals surface area contributed by atoms with Gasteiger partial charge in [-0.2, -0.15) is 5.10 Å². The molecule has 1 atom stereocenters. The van der Waals surface area contributed by atoms with E-state index >= 15 is 0 Å². The molecule has 7 nitrogen and oxygen atoms in total. The van der Waals surface area contributed by atoms with Gasteiger partial charge in [-0.15, -0.1) is 0 Å². The summed E-state index contributed by atoms with van der Waals surface area (Å²) in [6.07, 6.45) is 2.67. The minimum atomic E-state index is -0.630. The molecule has 2 aromatic rings. The number of aromatic nitrogens is 2. The Bertz CT molecular complexity index is 756. The van der Waals surface area contributed by atoms with Crippen LogP contribution in [0.2, 0.25) is 0 Å². The molecule has 0 radical (unpaired) electrons. The number of carbonyl (C=O) groups is 1. The maximum atomic E-state index is 12.3. The van der Waals surface area contributed by atoms with Gasteiger partial charge in [0.2, 0.25) is 5.91 Å². The summed E-state index contributed by atoms with van der Waals surface area (Å²) in [5, 5.41) is 16.8. The van der Waals surface area contributed by atoms with Crippen LogP contribution in [0.25, 0.3) is 0 Å². The highest BCUT2D eigenvalue weighted by molar-refractivity contribution is 5.81. The van der Waals surface area contributed by atoms with Crippen molar-refractivity contribution in [3.05, 3.63) is 47.3 Å². The van der Waals surface area contributed by atoms with Gasteiger partial charge in [-0.1, -0.05) is 19.1 Å². The van der Waals surface area contributed by atoms with Gasteiger partial charge in [0, 0.05) is 19.6 Å². The minimum absolute atomic E-state index is 0.195. The molecule has 27 heavy (non-hydrogen) atoms. The number of hydrogen-bond donors (Lipinski definition) is 3. The van der Waals surface area contributed by atoms with Crippen LogP contribution in [0.5, 0.6) is 5.75 Å². The van der Waals surface area contributed by atoms with Crippen LogP contribution < -0.4 is 11.1 Å². The summed E-state index contributed by atoms with van der Waals surface area (Å²) in [6, 6.07) is 8.20. The molecule has 1 aliphatic rings. The van der Waals surface area contributed by atoms with Gasteiger partial charge in [0.15, 0.2) is 0 Å². The number of carbonyl (C=O) groups excluding carboxylic acids is 1. The fourth-order valence-corrected chi connectivity index (χ4v) is 3.47. The Morgan fingerprint density at radius 2 is 2.11 bits per heavy atom. The lowest BCUT2D eigenvalue weighted by Crippen LogP contribution is -2.41. The maximum Gasteiger partial charge on any atom is 0.237 e. The van der Waals surface area contributed by atoms with Crippen molar-refractivity contribution >= 4 is 5.91 Å². The first-order valence-electron chi connectivity index (χ1n) is 9.64. The zero-order valence-electron chi connectivity index (χ0n) is 15.9. The van der Waals surface area contributed by atoms with Crippen molar-refractivity contribution in [3.63, 3.8) is 0 Å². The van der Waals surface area contributed by atoms with E-state index < -0.39 is 6.04 Å². The molecule has 2 heterocycles. The van der Waals surface area contributed by atoms with Gasteiger partial charge in [-0.05, 0) is 49.6 Å². The predicted molar refractivity (Wildman–Crippen MR) is 104 cm³/mol. The Balaban J connectivity index is 1.53. The molecule has 3 rings (SSSR count). The van der Waals surface area contributed by atoms with Crippen molar-refractivity contribution in [3.8, 4) is 5.75 Å². The summed E-state index contributed by atoms with van der Waals surface area (Å²) in [5.41, 5.74) is 9.01. The summed E-state index contributed by atoms with van der Waals surface area (Å²) in [5.74, 6) is 0.00713. The summed E-state index contributed by atoms with van der Waals surface area (Å²) in [6.45, 7) is 6.62. The average Bonchev–Trinajstić information content (AvgIpc) is 2.93. The molecule has 0 fully saturated rings. The van der Waals surface area contributed by atoms with Gasteiger partial charge in [0.25, 0.3) is 0 Å². The van der Waals surface area contributed by atoms with E-state index in [-0.39, 0.29) is 11.7 Å². The molecule has 7 heteroatoms. The van der Waals surface area contributed by atoms with Gasteiger partial charge in [-0.25, -0.2) is 0 Å². The topological polar surface area (TPSA) is 96.4 Å². The zero-order valence-corrected chi connectivity index (χ0v) is 15.9. The van der Waals surface area contributed by atoms with Crippen molar-refractivity contribution < 1.29 is 9.90 Å². The smallest absolute Gasteiger partial charge is 0.237 e. The number of phenolic OH excluding ortho intramolecular Hbond substituents is 1. The van der Waals surface area contributed by atoms with Crippen molar-refractivity contribution in [2.75, 3.05) is 13.1 Å². The fraction of sp³-hybridized carbons (Fsp3) is 0.500. The molecule has 4 N–H and O–H groups in total. The lowest BCUT2D eigenvalue weighted by molar-refractivity contribution is -0.122. The molecule has 0 saturated heterocycles. The number of aromatic hydroxyl groups is 1. The largest absolute Gasteiger partial charge is 0.508 e. The molecule has 1 aliphatic heterocycles. The first-order chi connectivity index (χ1) is 13.0. The minimum Gasteiger partial charge on any atom is -0.508 e. The van der Waals surface area contributed by atoms with Gasteiger partial charge < -0.3 is 16.2 Å². The van der Waals surface area contributed by atoms with Gasteiger partial charge in [0.05, 0.1) is 24.0 Å². The van der Waals surface area contributed by atoms with E-state index in [0.29, 0.717) is 13.0 Å². The molecule has 1 aromatic heterocycles. The van der Waals surface area contributed by atoms with E-state index in [1.54, 1.807) is 24.3 Å². The number of aryl methyl sites for hydroxylation is 1. The standard InChI is InChI=1S/C20H29N5O2/c1-2-8-24-9-3-10-25-17(14-24)12-16(23-25)13-22-20(27)19(21)11-15-4-6-18(26)7-5-15/h4-7,12,19,26H,2-3,8-11,13-14,21H2,1H3,(H,22,27). The van der Waals surface area contributed by atoms with Crippen LogP contribution in [0.15, 0.2) is 30.3 Å². The number of amides is 1. The van der Waals surface area contributed by atoms with E-state index in [1.165, 1.54) is 5.69 Å². The lowest BCUT2D eigenvalue weighted by Gasteiger charge is -2.17. The Hall–Kier alpha value is -2.38. The molecular formula is C20H29N5O2. The molecule has 0 saturated carbocycles. The molecule has 0 spiro atoms. The Morgan fingerprint density at radius 1 is 1.33 bits per heavy atom. The molecular weight excluding hydrogens is 342 g/mol. The normalized spacial score (nSPS) is 15.8. The SMILES string of the molecule is CCCN1CCCn2nc(CNC(=O)C(N)Cc3ccc(O)cc3)cc2C1. The van der Waals surface area contributed by atoms with Crippen LogP contribution >= 0.6 is 0 Å². The lowest BCUT2D eigenvalue weighted by atomic mass is 10.1. The Morgan fingerprint density at radius 3 is 2.85 bits per heavy atom. The summed E-state index contributed by atoms with van der Waals surface area (Å²) in [7, 11) is 0. The fourth-order valence-electron chi connectivity index (χ4n) is 3.47. The van der Waals surface area contributed by atoms with Crippen molar-refractivity contribution in [2.24, 2.45) is 5.73 Å². The summed E-state index contributed by atoms with van der Waals surface area (Å²) >= 11 is 0. The third-order valence-electron chi connectivity index (χ3n) is 4.86. The van der Waals surface area contributed by atoms with Crippen LogP contribution in [0.1, 0.15) is 36.7 Å². The number of nitrogens with two attached hydrogens (primary N) is 1. The summed E-state index contributed by atoms with van der Waals surface area (Å²) < 4.78 is 2.06. The highest BCUT2D eigenvalue weighted by Gasteiger charge is 2.18. The number of hydrogen-bond acceptors (Lipinski definition) is 5. The number of benzene rings is 1. The van der Waals surface area contributed by atoms with Gasteiger partial charge >= 0.3 is 0 Å². The number of rotatable bonds is 7. The second kappa shape index (κ2) is 9.01. The maximum absolute atomic E-state index is 12.3. The molecule has 1 unspecified atom stereocenters. The summed E-state index contributed by atoms with van der Waals surface area (Å²) in [4.78, 5) is 14.7. The van der Waals surface area contributed by atoms with Crippen LogP contribution in [0, 0.1) is 0 Å². The van der Waals surface area contributed by atoms with Crippen molar-refractivity contribution in [1.29, 1.82) is 0 Å². The number of nitrogens with zero attached hydrogens (tertiary/aromatic N) is 3. The van der Waals surface area contributed by atoms with Gasteiger partial charge in [0.1, 0.15) is 5.75 Å². The van der Waals surface area contributed by atoms with E-state index in [4.69, 9.17) is 5.73 Å². The average molecular weight is 371 g/mol. The van der Waals surface area contributed by atoms with Crippen LogP contribution in [0.3, 0.4) is 0 Å². The zero-order chi connectivity index (χ0) is 19.2. The molecule has 0 bridgehead atoms. The third-order valence-corrected chi connectivity index (χ3v) is 4.86. The van der Waals surface area contributed by atoms with Gasteiger partial charge in [-0.3, -0.25) is 14.4 Å². The second-order valence-electron chi connectivity index (χ2n) is 7.17. The van der Waals surface area contributed by atoms with E-state index in [0.717, 1.165) is 50.3 Å². The van der Waals surface area contributed by atoms with Crippen molar-refractivity contribution in [1.82, 2.24) is 20.0 Å². The van der Waals surface area contributed by atoms with E-state index in [1.807, 2.05) is 0 Å². The first kappa shape index (κ1) is 19.4. The van der Waals surface area contributed by atoms with Crippen LogP contribution in [-0.2, 0) is 30.8 Å². The number of nitrogens with one attached hydrogen (secondary N) is 1.